The molecule has 2 aliphatic rings. The van der Waals surface area contributed by atoms with Crippen molar-refractivity contribution in [2.75, 3.05) is 39.4 Å². The SMILES string of the molecule is CC(=O)N1CCN(C(=O)C2=C(C)OCCO2)CC1. The number of piperazine rings is 1. The average molecular weight is 254 g/mol. The van der Waals surface area contributed by atoms with Crippen LogP contribution < -0.4 is 0 Å². The molecule has 2 rings (SSSR count). The van der Waals surface area contributed by atoms with Crippen molar-refractivity contribution >= 4 is 11.8 Å². The van der Waals surface area contributed by atoms with Crippen LogP contribution in [-0.4, -0.2) is 61.0 Å². The quantitative estimate of drug-likeness (QED) is 0.658. The van der Waals surface area contributed by atoms with Gasteiger partial charge < -0.3 is 19.3 Å². The molecule has 0 spiro atoms. The zero-order valence-corrected chi connectivity index (χ0v) is 10.8. The number of carbonyl (C=O) groups excluding carboxylic acids is 2. The van der Waals surface area contributed by atoms with Crippen LogP contribution in [0.15, 0.2) is 11.5 Å². The van der Waals surface area contributed by atoms with Crippen LogP contribution in [0, 0.1) is 0 Å². The highest BCUT2D eigenvalue weighted by Crippen LogP contribution is 2.16. The fourth-order valence-corrected chi connectivity index (χ4v) is 2.09. The Balaban J connectivity index is 1.97. The van der Waals surface area contributed by atoms with E-state index in [0.717, 1.165) is 0 Å². The van der Waals surface area contributed by atoms with E-state index in [-0.39, 0.29) is 11.8 Å². The van der Waals surface area contributed by atoms with E-state index in [1.54, 1.807) is 23.6 Å². The number of nitrogens with zero attached hydrogens (tertiary/aromatic N) is 2. The summed E-state index contributed by atoms with van der Waals surface area (Å²) >= 11 is 0. The predicted molar refractivity (Wildman–Crippen MR) is 63.4 cm³/mol. The third kappa shape index (κ3) is 2.57. The molecular weight excluding hydrogens is 236 g/mol. The van der Waals surface area contributed by atoms with E-state index in [9.17, 15) is 9.59 Å². The number of rotatable bonds is 1. The molecular formula is C12H18N2O4. The first-order valence-electron chi connectivity index (χ1n) is 6.11. The van der Waals surface area contributed by atoms with Crippen LogP contribution in [0.1, 0.15) is 13.8 Å². The molecule has 0 aliphatic carbocycles. The molecule has 2 amide bonds. The largest absolute Gasteiger partial charge is 0.491 e. The lowest BCUT2D eigenvalue weighted by atomic mass is 10.2. The number of amides is 2. The fourth-order valence-electron chi connectivity index (χ4n) is 2.09. The molecule has 0 saturated carbocycles. The lowest BCUT2D eigenvalue weighted by Crippen LogP contribution is -2.50. The molecule has 0 aromatic carbocycles. The van der Waals surface area contributed by atoms with Crippen molar-refractivity contribution in [1.82, 2.24) is 9.80 Å². The van der Waals surface area contributed by atoms with E-state index >= 15 is 0 Å². The number of hydrogen-bond donors (Lipinski definition) is 0. The summed E-state index contributed by atoms with van der Waals surface area (Å²) < 4.78 is 10.7. The van der Waals surface area contributed by atoms with Crippen LogP contribution in [-0.2, 0) is 19.1 Å². The second kappa shape index (κ2) is 5.29. The van der Waals surface area contributed by atoms with Gasteiger partial charge in [0.1, 0.15) is 19.0 Å². The number of carbonyl (C=O) groups is 2. The Hall–Kier alpha value is -1.72. The van der Waals surface area contributed by atoms with Gasteiger partial charge in [0.2, 0.25) is 11.7 Å². The molecule has 6 heteroatoms. The van der Waals surface area contributed by atoms with E-state index in [4.69, 9.17) is 9.47 Å². The third-order valence-electron chi connectivity index (χ3n) is 3.17. The van der Waals surface area contributed by atoms with E-state index in [1.807, 2.05) is 0 Å². The summed E-state index contributed by atoms with van der Waals surface area (Å²) in [5.74, 6) is 0.753. The van der Waals surface area contributed by atoms with E-state index < -0.39 is 0 Å². The minimum absolute atomic E-state index is 0.0507. The summed E-state index contributed by atoms with van der Waals surface area (Å²) in [7, 11) is 0. The third-order valence-corrected chi connectivity index (χ3v) is 3.17. The maximum absolute atomic E-state index is 12.2. The zero-order chi connectivity index (χ0) is 13.1. The number of allylic oxidation sites excluding steroid dienone is 1. The molecule has 2 heterocycles. The van der Waals surface area contributed by atoms with Crippen LogP contribution in [0.5, 0.6) is 0 Å². The number of ether oxygens (including phenoxy) is 2. The lowest BCUT2D eigenvalue weighted by molar-refractivity contribution is -0.139. The summed E-state index contributed by atoms with van der Waals surface area (Å²) in [4.78, 5) is 26.8. The molecule has 0 aromatic heterocycles. The Bertz CT molecular complexity index is 384. The lowest BCUT2D eigenvalue weighted by Gasteiger charge is -2.35. The molecule has 1 saturated heterocycles. The van der Waals surface area contributed by atoms with Gasteiger partial charge in [-0.1, -0.05) is 0 Å². The highest BCUT2D eigenvalue weighted by Gasteiger charge is 2.28. The molecule has 2 aliphatic heterocycles. The second-order valence-electron chi connectivity index (χ2n) is 4.38. The Kier molecular flexibility index (Phi) is 3.74. The van der Waals surface area contributed by atoms with E-state index in [1.165, 1.54) is 0 Å². The zero-order valence-electron chi connectivity index (χ0n) is 10.8. The van der Waals surface area contributed by atoms with E-state index in [2.05, 4.69) is 0 Å². The first kappa shape index (κ1) is 12.7. The molecule has 18 heavy (non-hydrogen) atoms. The Labute approximate surface area is 106 Å². The van der Waals surface area contributed by atoms with Crippen molar-refractivity contribution in [3.05, 3.63) is 11.5 Å². The minimum atomic E-state index is -0.143. The standard InChI is InChI=1S/C12H18N2O4/c1-9-11(18-8-7-17-9)12(16)14-5-3-13(4-6-14)10(2)15/h3-8H2,1-2H3. The van der Waals surface area contributed by atoms with Crippen LogP contribution in [0.25, 0.3) is 0 Å². The van der Waals surface area contributed by atoms with Gasteiger partial charge in [0.05, 0.1) is 0 Å². The molecule has 0 unspecified atom stereocenters. The Morgan fingerprint density at radius 1 is 1.00 bits per heavy atom. The Morgan fingerprint density at radius 2 is 1.56 bits per heavy atom. The van der Waals surface area contributed by atoms with Crippen molar-refractivity contribution in [3.63, 3.8) is 0 Å². The highest BCUT2D eigenvalue weighted by atomic mass is 16.6. The van der Waals surface area contributed by atoms with Crippen LogP contribution in [0.3, 0.4) is 0 Å². The van der Waals surface area contributed by atoms with Gasteiger partial charge in [-0.25, -0.2) is 0 Å². The summed E-state index contributed by atoms with van der Waals surface area (Å²) in [6.07, 6.45) is 0. The topological polar surface area (TPSA) is 59.1 Å². The smallest absolute Gasteiger partial charge is 0.292 e. The van der Waals surface area contributed by atoms with Crippen molar-refractivity contribution in [2.24, 2.45) is 0 Å². The van der Waals surface area contributed by atoms with Gasteiger partial charge in [0.15, 0.2) is 0 Å². The molecule has 0 radical (unpaired) electrons. The summed E-state index contributed by atoms with van der Waals surface area (Å²) in [6.45, 7) is 6.41. The Morgan fingerprint density at radius 3 is 2.11 bits per heavy atom. The first-order chi connectivity index (χ1) is 8.59. The molecule has 0 aromatic rings. The van der Waals surface area contributed by atoms with Gasteiger partial charge in [0, 0.05) is 33.1 Å². The molecule has 0 atom stereocenters. The van der Waals surface area contributed by atoms with Gasteiger partial charge in [0.25, 0.3) is 5.91 Å². The highest BCUT2D eigenvalue weighted by molar-refractivity contribution is 5.92. The van der Waals surface area contributed by atoms with Gasteiger partial charge in [-0.3, -0.25) is 9.59 Å². The van der Waals surface area contributed by atoms with Gasteiger partial charge in [-0.05, 0) is 6.92 Å². The summed E-state index contributed by atoms with van der Waals surface area (Å²) in [5.41, 5.74) is 0. The number of hydrogen-bond acceptors (Lipinski definition) is 4. The van der Waals surface area contributed by atoms with Gasteiger partial charge >= 0.3 is 0 Å². The molecule has 0 bridgehead atoms. The minimum Gasteiger partial charge on any atom is -0.491 e. The maximum atomic E-state index is 12.2. The van der Waals surface area contributed by atoms with Crippen LogP contribution in [0.2, 0.25) is 0 Å². The second-order valence-corrected chi connectivity index (χ2v) is 4.38. The van der Waals surface area contributed by atoms with Crippen LogP contribution >= 0.6 is 0 Å². The monoisotopic (exact) mass is 254 g/mol. The van der Waals surface area contributed by atoms with Gasteiger partial charge in [-0.2, -0.15) is 0 Å². The molecule has 6 nitrogen and oxygen atoms in total. The summed E-state index contributed by atoms with van der Waals surface area (Å²) in [5, 5.41) is 0. The van der Waals surface area contributed by atoms with Gasteiger partial charge in [-0.15, -0.1) is 0 Å². The first-order valence-corrected chi connectivity index (χ1v) is 6.11. The fraction of sp³-hybridized carbons (Fsp3) is 0.667. The van der Waals surface area contributed by atoms with Crippen molar-refractivity contribution in [2.45, 2.75) is 13.8 Å². The van der Waals surface area contributed by atoms with Crippen molar-refractivity contribution in [3.8, 4) is 0 Å². The maximum Gasteiger partial charge on any atom is 0.292 e. The predicted octanol–water partition coefficient (Wildman–Crippen LogP) is -0.0446. The van der Waals surface area contributed by atoms with E-state index in [0.29, 0.717) is 50.9 Å². The summed E-state index contributed by atoms with van der Waals surface area (Å²) in [6, 6.07) is 0. The van der Waals surface area contributed by atoms with Crippen molar-refractivity contribution < 1.29 is 19.1 Å². The normalized spacial score (nSPS) is 20.3. The van der Waals surface area contributed by atoms with Crippen LogP contribution in [0.4, 0.5) is 0 Å². The molecule has 1 fully saturated rings. The average Bonchev–Trinajstić information content (AvgIpc) is 2.38. The van der Waals surface area contributed by atoms with Crippen molar-refractivity contribution in [1.29, 1.82) is 0 Å². The molecule has 100 valence electrons. The molecule has 0 N–H and O–H groups in total.